The van der Waals surface area contributed by atoms with Crippen molar-refractivity contribution in [1.82, 2.24) is 4.98 Å². The van der Waals surface area contributed by atoms with Crippen LogP contribution in [0.3, 0.4) is 0 Å². The van der Waals surface area contributed by atoms with Gasteiger partial charge in [0.1, 0.15) is 0 Å². The van der Waals surface area contributed by atoms with Crippen LogP contribution in [0.5, 0.6) is 0 Å². The first kappa shape index (κ1) is 6.95. The lowest BCUT2D eigenvalue weighted by molar-refractivity contribution is -0.130. The Morgan fingerprint density at radius 1 is 1.80 bits per heavy atom. The number of nitrogens with zero attached hydrogens (tertiary/aromatic N) is 1. The fraction of sp³-hybridized carbons (Fsp3) is 0. The average molecular weight is 155 g/mol. The van der Waals surface area contributed by atoms with E-state index in [0.717, 1.165) is 0 Å². The van der Waals surface area contributed by atoms with Crippen LogP contribution in [0.15, 0.2) is 17.5 Å². The highest BCUT2D eigenvalue weighted by molar-refractivity contribution is 7.07. The normalized spacial score (nSPS) is 9.20. The molecule has 0 radical (unpaired) electrons. The first-order valence-electron chi connectivity index (χ1n) is 2.52. The number of hydrogen-bond donors (Lipinski definition) is 1. The molecule has 0 atom stereocenters. The van der Waals surface area contributed by atoms with Crippen molar-refractivity contribution in [2.24, 2.45) is 0 Å². The standard InChI is InChI=1S/C6H5NO2S/c1-4(6(8)9)5-2-10-3-7-5/h2-3H,1H2,(H,8,9). The molecule has 1 N–H and O–H groups in total. The van der Waals surface area contributed by atoms with E-state index in [2.05, 4.69) is 11.6 Å². The molecule has 0 spiro atoms. The van der Waals surface area contributed by atoms with Crippen LogP contribution < -0.4 is 0 Å². The Labute approximate surface area is 61.7 Å². The number of thiazole rings is 1. The van der Waals surface area contributed by atoms with Gasteiger partial charge in [0.2, 0.25) is 0 Å². The van der Waals surface area contributed by atoms with E-state index >= 15 is 0 Å². The van der Waals surface area contributed by atoms with Crippen molar-refractivity contribution in [2.45, 2.75) is 0 Å². The summed E-state index contributed by atoms with van der Waals surface area (Å²) in [7, 11) is 0. The van der Waals surface area contributed by atoms with Gasteiger partial charge in [0.25, 0.3) is 0 Å². The minimum atomic E-state index is -1.02. The maximum absolute atomic E-state index is 10.3. The highest BCUT2D eigenvalue weighted by Crippen LogP contribution is 2.11. The van der Waals surface area contributed by atoms with Crippen LogP contribution in [-0.2, 0) is 4.79 Å². The number of carbonyl (C=O) groups is 1. The van der Waals surface area contributed by atoms with E-state index in [9.17, 15) is 4.79 Å². The van der Waals surface area contributed by atoms with Crippen molar-refractivity contribution >= 4 is 22.9 Å². The summed E-state index contributed by atoms with van der Waals surface area (Å²) in [5, 5.41) is 10.1. The van der Waals surface area contributed by atoms with Crippen LogP contribution in [0.1, 0.15) is 5.69 Å². The molecule has 10 heavy (non-hydrogen) atoms. The van der Waals surface area contributed by atoms with E-state index in [1.165, 1.54) is 11.3 Å². The Bertz CT molecular complexity index is 253. The third-order valence-corrected chi connectivity index (χ3v) is 1.59. The minimum absolute atomic E-state index is 0.0428. The van der Waals surface area contributed by atoms with E-state index < -0.39 is 5.97 Å². The fourth-order valence-electron chi connectivity index (χ4n) is 0.471. The van der Waals surface area contributed by atoms with Crippen LogP contribution in [0, 0.1) is 0 Å². The molecule has 0 aliphatic heterocycles. The minimum Gasteiger partial charge on any atom is -0.478 e. The largest absolute Gasteiger partial charge is 0.478 e. The van der Waals surface area contributed by atoms with Crippen molar-refractivity contribution in [2.75, 3.05) is 0 Å². The van der Waals surface area contributed by atoms with Crippen LogP contribution >= 0.6 is 11.3 Å². The zero-order valence-electron chi connectivity index (χ0n) is 5.07. The Kier molecular flexibility index (Phi) is 1.82. The SMILES string of the molecule is C=C(C(=O)O)c1cscn1. The van der Waals surface area contributed by atoms with Gasteiger partial charge >= 0.3 is 5.97 Å². The Balaban J connectivity index is 2.88. The number of aromatic nitrogens is 1. The zero-order chi connectivity index (χ0) is 7.56. The quantitative estimate of drug-likeness (QED) is 0.654. The molecular formula is C6H5NO2S. The molecule has 0 bridgehead atoms. The molecule has 1 aromatic heterocycles. The lowest BCUT2D eigenvalue weighted by atomic mass is 10.2. The van der Waals surface area contributed by atoms with Crippen molar-refractivity contribution in [3.05, 3.63) is 23.2 Å². The van der Waals surface area contributed by atoms with Gasteiger partial charge in [-0.05, 0) is 0 Å². The molecule has 0 aliphatic rings. The average Bonchev–Trinajstić information content (AvgIpc) is 2.36. The zero-order valence-corrected chi connectivity index (χ0v) is 5.89. The molecule has 3 nitrogen and oxygen atoms in total. The predicted octanol–water partition coefficient (Wildman–Crippen LogP) is 1.24. The molecule has 0 fully saturated rings. The molecule has 0 saturated carbocycles. The second kappa shape index (κ2) is 2.62. The maximum atomic E-state index is 10.3. The summed E-state index contributed by atoms with van der Waals surface area (Å²) in [5.41, 5.74) is 2.06. The summed E-state index contributed by atoms with van der Waals surface area (Å²) in [6.07, 6.45) is 0. The topological polar surface area (TPSA) is 50.2 Å². The van der Waals surface area contributed by atoms with Gasteiger partial charge in [-0.15, -0.1) is 11.3 Å². The molecule has 0 unspecified atom stereocenters. The maximum Gasteiger partial charge on any atom is 0.337 e. The monoisotopic (exact) mass is 155 g/mol. The summed E-state index contributed by atoms with van der Waals surface area (Å²) in [4.78, 5) is 14.0. The van der Waals surface area contributed by atoms with Gasteiger partial charge in [0, 0.05) is 5.38 Å². The van der Waals surface area contributed by atoms with Crippen molar-refractivity contribution in [3.8, 4) is 0 Å². The van der Waals surface area contributed by atoms with Crippen LogP contribution in [0.4, 0.5) is 0 Å². The smallest absolute Gasteiger partial charge is 0.337 e. The molecule has 0 amide bonds. The van der Waals surface area contributed by atoms with Crippen LogP contribution in [0.25, 0.3) is 5.57 Å². The van der Waals surface area contributed by atoms with Gasteiger partial charge in [-0.1, -0.05) is 6.58 Å². The van der Waals surface area contributed by atoms with E-state index in [1.807, 2.05) is 0 Å². The van der Waals surface area contributed by atoms with Crippen LogP contribution in [0.2, 0.25) is 0 Å². The summed E-state index contributed by atoms with van der Waals surface area (Å²) in [6.45, 7) is 3.34. The molecule has 4 heteroatoms. The highest BCUT2D eigenvalue weighted by Gasteiger charge is 2.07. The van der Waals surface area contributed by atoms with Crippen molar-refractivity contribution < 1.29 is 9.90 Å². The summed E-state index contributed by atoms with van der Waals surface area (Å²) >= 11 is 1.35. The van der Waals surface area contributed by atoms with Gasteiger partial charge in [-0.25, -0.2) is 9.78 Å². The highest BCUT2D eigenvalue weighted by atomic mass is 32.1. The van der Waals surface area contributed by atoms with E-state index in [1.54, 1.807) is 10.9 Å². The molecule has 0 aliphatic carbocycles. The number of aliphatic carboxylic acids is 1. The van der Waals surface area contributed by atoms with Crippen molar-refractivity contribution in [3.63, 3.8) is 0 Å². The van der Waals surface area contributed by atoms with Crippen LogP contribution in [-0.4, -0.2) is 16.1 Å². The van der Waals surface area contributed by atoms with Gasteiger partial charge in [-0.3, -0.25) is 0 Å². The first-order valence-corrected chi connectivity index (χ1v) is 3.47. The lowest BCUT2D eigenvalue weighted by Gasteiger charge is -1.90. The Hall–Kier alpha value is -1.16. The van der Waals surface area contributed by atoms with Gasteiger partial charge in [-0.2, -0.15) is 0 Å². The second-order valence-corrected chi connectivity index (χ2v) is 2.38. The Morgan fingerprint density at radius 2 is 2.50 bits per heavy atom. The summed E-state index contributed by atoms with van der Waals surface area (Å²) in [6, 6.07) is 0. The van der Waals surface area contributed by atoms with Gasteiger partial charge in [0.15, 0.2) is 0 Å². The number of carboxylic acid groups (broad SMARTS) is 1. The van der Waals surface area contributed by atoms with Gasteiger partial charge in [0.05, 0.1) is 16.8 Å². The second-order valence-electron chi connectivity index (χ2n) is 1.66. The van der Waals surface area contributed by atoms with E-state index in [-0.39, 0.29) is 5.57 Å². The third kappa shape index (κ3) is 1.22. The third-order valence-electron chi connectivity index (χ3n) is 1.000. The number of rotatable bonds is 2. The number of hydrogen-bond acceptors (Lipinski definition) is 3. The van der Waals surface area contributed by atoms with E-state index in [0.29, 0.717) is 5.69 Å². The summed E-state index contributed by atoms with van der Waals surface area (Å²) < 4.78 is 0. The molecule has 0 aromatic carbocycles. The first-order chi connectivity index (χ1) is 4.72. The molecule has 0 saturated heterocycles. The lowest BCUT2D eigenvalue weighted by Crippen LogP contribution is -1.97. The molecule has 52 valence electrons. The fourth-order valence-corrected chi connectivity index (χ4v) is 1.04. The van der Waals surface area contributed by atoms with Crippen molar-refractivity contribution in [1.29, 1.82) is 0 Å². The Morgan fingerprint density at radius 3 is 2.90 bits per heavy atom. The van der Waals surface area contributed by atoms with E-state index in [4.69, 9.17) is 5.11 Å². The van der Waals surface area contributed by atoms with Gasteiger partial charge < -0.3 is 5.11 Å². The molecule has 1 rings (SSSR count). The molecule has 1 heterocycles. The molecule has 1 aromatic rings. The number of carboxylic acids is 1. The summed E-state index contributed by atoms with van der Waals surface area (Å²) in [5.74, 6) is -1.02. The predicted molar refractivity (Wildman–Crippen MR) is 38.8 cm³/mol. The molecular weight excluding hydrogens is 150 g/mol.